The molecule has 0 bridgehead atoms. The third kappa shape index (κ3) is 3.00. The molecule has 1 N–H and O–H groups in total. The Labute approximate surface area is 109 Å². The van der Waals surface area contributed by atoms with Crippen LogP contribution in [0.1, 0.15) is 23.5 Å². The largest absolute Gasteiger partial charge is 0.488 e. The van der Waals surface area contributed by atoms with Gasteiger partial charge in [-0.15, -0.1) is 11.3 Å². The highest BCUT2D eigenvalue weighted by atomic mass is 35.5. The second-order valence-electron chi connectivity index (χ2n) is 3.69. The minimum Gasteiger partial charge on any atom is -0.488 e. The maximum atomic E-state index is 9.61. The minimum atomic E-state index is -0.537. The zero-order valence-corrected chi connectivity index (χ0v) is 11.0. The normalized spacial score (nSPS) is 12.4. The van der Waals surface area contributed by atoms with Crippen molar-refractivity contribution in [1.29, 1.82) is 0 Å². The second-order valence-corrected chi connectivity index (χ2v) is 5.10. The third-order valence-electron chi connectivity index (χ3n) is 2.42. The number of para-hydroxylation sites is 1. The van der Waals surface area contributed by atoms with Gasteiger partial charge in [0.2, 0.25) is 0 Å². The van der Waals surface area contributed by atoms with Crippen molar-refractivity contribution in [2.24, 2.45) is 0 Å². The van der Waals surface area contributed by atoms with E-state index in [1.807, 2.05) is 35.7 Å². The van der Waals surface area contributed by atoms with Crippen LogP contribution in [0.15, 0.2) is 35.7 Å². The van der Waals surface area contributed by atoms with Crippen molar-refractivity contribution in [1.82, 2.24) is 0 Å². The molecule has 0 spiro atoms. The number of benzene rings is 1. The molecule has 0 saturated carbocycles. The van der Waals surface area contributed by atoms with Crippen LogP contribution >= 0.6 is 22.9 Å². The van der Waals surface area contributed by atoms with E-state index in [9.17, 15) is 5.11 Å². The monoisotopic (exact) mass is 268 g/mol. The summed E-state index contributed by atoms with van der Waals surface area (Å²) in [5, 5.41) is 12.3. The Hall–Kier alpha value is -1.03. The molecule has 1 unspecified atom stereocenters. The fourth-order valence-electron chi connectivity index (χ4n) is 1.53. The first-order valence-corrected chi connectivity index (χ1v) is 6.56. The molecule has 4 heteroatoms. The lowest BCUT2D eigenvalue weighted by Gasteiger charge is -2.12. The Balaban J connectivity index is 2.11. The summed E-state index contributed by atoms with van der Waals surface area (Å²) in [4.78, 5) is 0.993. The van der Waals surface area contributed by atoms with Crippen LogP contribution in [-0.2, 0) is 6.61 Å². The van der Waals surface area contributed by atoms with Gasteiger partial charge in [0.25, 0.3) is 0 Å². The van der Waals surface area contributed by atoms with Crippen LogP contribution in [0.5, 0.6) is 5.75 Å². The van der Waals surface area contributed by atoms with Gasteiger partial charge >= 0.3 is 0 Å². The number of rotatable bonds is 4. The van der Waals surface area contributed by atoms with E-state index in [2.05, 4.69) is 0 Å². The lowest BCUT2D eigenvalue weighted by molar-refractivity contribution is 0.190. The zero-order valence-electron chi connectivity index (χ0n) is 9.39. The van der Waals surface area contributed by atoms with E-state index >= 15 is 0 Å². The molecule has 2 nitrogen and oxygen atoms in total. The van der Waals surface area contributed by atoms with E-state index in [-0.39, 0.29) is 0 Å². The Morgan fingerprint density at radius 3 is 2.76 bits per heavy atom. The molecule has 1 aromatic heterocycles. The van der Waals surface area contributed by atoms with Crippen molar-refractivity contribution in [3.05, 3.63) is 51.2 Å². The van der Waals surface area contributed by atoms with Gasteiger partial charge in [0.1, 0.15) is 12.4 Å². The van der Waals surface area contributed by atoms with Crippen molar-refractivity contribution in [2.75, 3.05) is 0 Å². The van der Waals surface area contributed by atoms with Gasteiger partial charge in [-0.05, 0) is 24.4 Å². The Bertz CT molecular complexity index is 494. The molecule has 2 aromatic rings. The standard InChI is InChI=1S/C13H13ClO2S/c1-9(15)10-4-2-3-5-12(10)16-8-13-11(14)6-7-17-13/h2-7,9,15H,8H2,1H3. The molecule has 0 aliphatic heterocycles. The lowest BCUT2D eigenvalue weighted by Crippen LogP contribution is -1.99. The second kappa shape index (κ2) is 5.54. The number of aliphatic hydroxyl groups is 1. The molecule has 1 heterocycles. The molecule has 0 aliphatic rings. The smallest absolute Gasteiger partial charge is 0.125 e. The summed E-state index contributed by atoms with van der Waals surface area (Å²) in [6, 6.07) is 9.33. The number of hydrogen-bond donors (Lipinski definition) is 1. The molecule has 0 radical (unpaired) electrons. The van der Waals surface area contributed by atoms with Crippen LogP contribution in [0.4, 0.5) is 0 Å². The van der Waals surface area contributed by atoms with Crippen LogP contribution in [0.25, 0.3) is 0 Å². The van der Waals surface area contributed by atoms with Gasteiger partial charge in [-0.25, -0.2) is 0 Å². The topological polar surface area (TPSA) is 29.5 Å². The van der Waals surface area contributed by atoms with Gasteiger partial charge < -0.3 is 9.84 Å². The number of aliphatic hydroxyl groups excluding tert-OH is 1. The first-order valence-electron chi connectivity index (χ1n) is 5.30. The van der Waals surface area contributed by atoms with Crippen molar-refractivity contribution in [2.45, 2.75) is 19.6 Å². The van der Waals surface area contributed by atoms with Gasteiger partial charge in [0.05, 0.1) is 16.0 Å². The van der Waals surface area contributed by atoms with Crippen molar-refractivity contribution in [3.8, 4) is 5.75 Å². The Morgan fingerprint density at radius 1 is 1.35 bits per heavy atom. The van der Waals surface area contributed by atoms with Crippen molar-refractivity contribution in [3.63, 3.8) is 0 Å². The maximum Gasteiger partial charge on any atom is 0.125 e. The maximum absolute atomic E-state index is 9.61. The SMILES string of the molecule is CC(O)c1ccccc1OCc1sccc1Cl. The van der Waals surface area contributed by atoms with E-state index in [0.29, 0.717) is 12.4 Å². The lowest BCUT2D eigenvalue weighted by atomic mass is 10.1. The Kier molecular flexibility index (Phi) is 4.05. The van der Waals surface area contributed by atoms with Gasteiger partial charge in [0, 0.05) is 5.56 Å². The summed E-state index contributed by atoms with van der Waals surface area (Å²) in [5.41, 5.74) is 0.792. The molecule has 2 rings (SSSR count). The quantitative estimate of drug-likeness (QED) is 0.907. The first-order chi connectivity index (χ1) is 8.18. The Morgan fingerprint density at radius 2 is 2.12 bits per heavy atom. The molecule has 1 atom stereocenters. The van der Waals surface area contributed by atoms with E-state index in [4.69, 9.17) is 16.3 Å². The fourth-order valence-corrected chi connectivity index (χ4v) is 2.53. The number of thiophene rings is 1. The summed E-state index contributed by atoms with van der Waals surface area (Å²) in [6.45, 7) is 2.15. The predicted octanol–water partition coefficient (Wildman–Crippen LogP) is 4.03. The predicted molar refractivity (Wildman–Crippen MR) is 70.7 cm³/mol. The zero-order chi connectivity index (χ0) is 12.3. The van der Waals surface area contributed by atoms with E-state index < -0.39 is 6.10 Å². The van der Waals surface area contributed by atoms with Gasteiger partial charge in [-0.2, -0.15) is 0 Å². The van der Waals surface area contributed by atoms with E-state index in [0.717, 1.165) is 15.5 Å². The molecule has 90 valence electrons. The molecule has 0 saturated heterocycles. The van der Waals surface area contributed by atoms with Crippen LogP contribution < -0.4 is 4.74 Å². The highest BCUT2D eigenvalue weighted by molar-refractivity contribution is 7.10. The molecule has 17 heavy (non-hydrogen) atoms. The van der Waals surface area contributed by atoms with Crippen LogP contribution in [-0.4, -0.2) is 5.11 Å². The molecule has 0 amide bonds. The van der Waals surface area contributed by atoms with Crippen LogP contribution in [0.2, 0.25) is 5.02 Å². The number of ether oxygens (including phenoxy) is 1. The first kappa shape index (κ1) is 12.4. The van der Waals surface area contributed by atoms with Crippen molar-refractivity contribution >= 4 is 22.9 Å². The molecular weight excluding hydrogens is 256 g/mol. The molecule has 1 aromatic carbocycles. The third-order valence-corrected chi connectivity index (χ3v) is 3.78. The number of hydrogen-bond acceptors (Lipinski definition) is 3. The van der Waals surface area contributed by atoms with Gasteiger partial charge in [-0.1, -0.05) is 29.8 Å². The van der Waals surface area contributed by atoms with Gasteiger partial charge in [0.15, 0.2) is 0 Å². The summed E-state index contributed by atoms with van der Waals surface area (Å²) in [6.07, 6.45) is -0.537. The summed E-state index contributed by atoms with van der Waals surface area (Å²) in [7, 11) is 0. The highest BCUT2D eigenvalue weighted by Gasteiger charge is 2.09. The molecular formula is C13H13ClO2S. The molecule has 0 aliphatic carbocycles. The number of halogens is 1. The summed E-state index contributed by atoms with van der Waals surface area (Å²) < 4.78 is 5.69. The average Bonchev–Trinajstić information content (AvgIpc) is 2.72. The fraction of sp³-hybridized carbons (Fsp3) is 0.231. The summed E-state index contributed by atoms with van der Waals surface area (Å²) >= 11 is 7.55. The minimum absolute atomic E-state index is 0.431. The highest BCUT2D eigenvalue weighted by Crippen LogP contribution is 2.28. The van der Waals surface area contributed by atoms with Crippen LogP contribution in [0.3, 0.4) is 0 Å². The average molecular weight is 269 g/mol. The molecule has 0 fully saturated rings. The van der Waals surface area contributed by atoms with Crippen molar-refractivity contribution < 1.29 is 9.84 Å². The van der Waals surface area contributed by atoms with Gasteiger partial charge in [-0.3, -0.25) is 0 Å². The summed E-state index contributed by atoms with van der Waals surface area (Å²) in [5.74, 6) is 0.701. The van der Waals surface area contributed by atoms with E-state index in [1.54, 1.807) is 18.3 Å². The van der Waals surface area contributed by atoms with Crippen LogP contribution in [0, 0.1) is 0 Å². The van der Waals surface area contributed by atoms with E-state index in [1.165, 1.54) is 0 Å².